The zero-order valence-corrected chi connectivity index (χ0v) is 24.6. The summed E-state index contributed by atoms with van der Waals surface area (Å²) < 4.78 is 6.21. The highest BCUT2D eigenvalue weighted by atomic mass is 32.2. The highest BCUT2D eigenvalue weighted by Gasteiger charge is 2.32. The monoisotopic (exact) mass is 592 g/mol. The number of carboxylic acid groups (broad SMARTS) is 1. The van der Waals surface area contributed by atoms with E-state index in [0.29, 0.717) is 25.3 Å². The lowest BCUT2D eigenvalue weighted by Crippen LogP contribution is -2.45. The van der Waals surface area contributed by atoms with Crippen LogP contribution in [0.4, 0.5) is 0 Å². The fourth-order valence-corrected chi connectivity index (χ4v) is 6.64. The number of nitrogens with one attached hydrogen (secondary N) is 1. The van der Waals surface area contributed by atoms with E-state index in [4.69, 9.17) is 4.42 Å². The summed E-state index contributed by atoms with van der Waals surface area (Å²) in [5.74, 6) is -0.913. The van der Waals surface area contributed by atoms with Crippen molar-refractivity contribution in [1.82, 2.24) is 10.2 Å². The molecule has 1 aliphatic heterocycles. The zero-order valence-electron chi connectivity index (χ0n) is 23.8. The highest BCUT2D eigenvalue weighted by molar-refractivity contribution is 7.98. The molecule has 1 aliphatic rings. The molecule has 6 rings (SSSR count). The summed E-state index contributed by atoms with van der Waals surface area (Å²) in [6.45, 7) is 2.34. The molecule has 1 saturated heterocycles. The van der Waals surface area contributed by atoms with Crippen LogP contribution in [0, 0.1) is 5.92 Å². The van der Waals surface area contributed by atoms with Gasteiger partial charge in [0.15, 0.2) is 0 Å². The zero-order chi connectivity index (χ0) is 29.9. The van der Waals surface area contributed by atoms with Gasteiger partial charge in [0, 0.05) is 47.9 Å². The Morgan fingerprint density at radius 3 is 2.28 bits per heavy atom. The fraction of sp³-hybridized carbons (Fsp3) is 0.229. The number of carbonyl (C=O) groups excluding carboxylic acids is 2. The largest absolute Gasteiger partial charge is 0.480 e. The average molecular weight is 593 g/mol. The summed E-state index contributed by atoms with van der Waals surface area (Å²) in [4.78, 5) is 37.6. The Balaban J connectivity index is 1.06. The first-order chi connectivity index (χ1) is 20.9. The number of nitrogens with zero attached hydrogens (tertiary/aromatic N) is 1. The van der Waals surface area contributed by atoms with Crippen molar-refractivity contribution in [2.45, 2.75) is 25.1 Å². The topological polar surface area (TPSA) is 99.9 Å². The van der Waals surface area contributed by atoms with Gasteiger partial charge in [0.2, 0.25) is 11.8 Å². The van der Waals surface area contributed by atoms with Gasteiger partial charge in [-0.15, -0.1) is 0 Å². The number of aliphatic carboxylic acids is 1. The molecule has 2 atom stereocenters. The number of carbonyl (C=O) groups is 3. The van der Waals surface area contributed by atoms with Crippen LogP contribution in [0.1, 0.15) is 18.9 Å². The minimum Gasteiger partial charge on any atom is -0.480 e. The van der Waals surface area contributed by atoms with Crippen molar-refractivity contribution in [3.05, 3.63) is 96.6 Å². The van der Waals surface area contributed by atoms with E-state index in [1.54, 1.807) is 4.90 Å². The molecule has 2 heterocycles. The number of thioether (sulfide) groups is 1. The lowest BCUT2D eigenvalue weighted by Gasteiger charge is -2.18. The molecule has 0 spiro atoms. The molecule has 0 radical (unpaired) electrons. The summed E-state index contributed by atoms with van der Waals surface area (Å²) in [6, 6.07) is 30.1. The van der Waals surface area contributed by atoms with Gasteiger partial charge in [0.25, 0.3) is 0 Å². The van der Waals surface area contributed by atoms with Crippen molar-refractivity contribution < 1.29 is 23.9 Å². The van der Waals surface area contributed by atoms with E-state index in [0.717, 1.165) is 49.8 Å². The number of hydrogen-bond donors (Lipinski definition) is 2. The summed E-state index contributed by atoms with van der Waals surface area (Å²) in [5, 5.41) is 14.5. The Hall–Kier alpha value is -4.56. The van der Waals surface area contributed by atoms with Crippen molar-refractivity contribution in [3.8, 4) is 22.3 Å². The van der Waals surface area contributed by atoms with E-state index in [1.807, 2.05) is 18.2 Å². The molecule has 2 amide bonds. The van der Waals surface area contributed by atoms with Gasteiger partial charge in [-0.3, -0.25) is 9.59 Å². The molecule has 1 aromatic heterocycles. The average Bonchev–Trinajstić information content (AvgIpc) is 3.67. The molecule has 0 bridgehead atoms. The number of carboxylic acids is 1. The van der Waals surface area contributed by atoms with Crippen molar-refractivity contribution in [2.24, 2.45) is 5.92 Å². The number of rotatable bonds is 9. The van der Waals surface area contributed by atoms with Crippen LogP contribution in [0.15, 0.2) is 95.4 Å². The summed E-state index contributed by atoms with van der Waals surface area (Å²) in [6.07, 6.45) is 0.553. The molecule has 8 heteroatoms. The van der Waals surface area contributed by atoms with Crippen LogP contribution < -0.4 is 5.32 Å². The molecule has 5 aromatic rings. The maximum absolute atomic E-state index is 12.6. The van der Waals surface area contributed by atoms with E-state index in [-0.39, 0.29) is 23.5 Å². The fourth-order valence-electron chi connectivity index (χ4n) is 5.63. The number of amides is 2. The van der Waals surface area contributed by atoms with Gasteiger partial charge in [0.05, 0.1) is 5.92 Å². The Kier molecular flexibility index (Phi) is 8.20. The minimum atomic E-state index is -1.06. The Morgan fingerprint density at radius 1 is 0.907 bits per heavy atom. The lowest BCUT2D eigenvalue weighted by molar-refractivity contribution is -0.141. The molecule has 1 fully saturated rings. The van der Waals surface area contributed by atoms with Crippen molar-refractivity contribution >= 4 is 51.5 Å². The molecule has 4 aromatic carbocycles. The van der Waals surface area contributed by atoms with Gasteiger partial charge in [-0.05, 0) is 34.7 Å². The van der Waals surface area contributed by atoms with E-state index in [1.165, 1.54) is 18.7 Å². The Bertz CT molecular complexity index is 1800. The molecular weight excluding hydrogens is 560 g/mol. The standard InChI is InChI=1S/C35H32N2O5S/c1-22(38)37-18-17-27(19-37)34(39)36-31(35(40)41)21-43-20-23-9-11-24(12-10-23)25-13-15-26(16-14-25)28-6-4-7-30-29-5-2-3-8-32(29)42-33(28)30/h2-16,27,31H,17-21H2,1H3,(H,36,39)(H,40,41)/t27?,31-/m0/s1. The minimum absolute atomic E-state index is 0.0690. The van der Waals surface area contributed by atoms with Crippen LogP contribution in [-0.2, 0) is 20.1 Å². The van der Waals surface area contributed by atoms with Crippen molar-refractivity contribution in [1.29, 1.82) is 0 Å². The lowest BCUT2D eigenvalue weighted by atomic mass is 9.98. The first kappa shape index (κ1) is 28.6. The van der Waals surface area contributed by atoms with Gasteiger partial charge >= 0.3 is 5.97 Å². The van der Waals surface area contributed by atoms with Crippen LogP contribution in [0.3, 0.4) is 0 Å². The van der Waals surface area contributed by atoms with Crippen LogP contribution in [-0.4, -0.2) is 52.7 Å². The molecule has 1 unspecified atom stereocenters. The quantitative estimate of drug-likeness (QED) is 0.200. The van der Waals surface area contributed by atoms with Crippen molar-refractivity contribution in [2.75, 3.05) is 18.8 Å². The third kappa shape index (κ3) is 6.15. The van der Waals surface area contributed by atoms with E-state index >= 15 is 0 Å². The number of benzene rings is 4. The maximum atomic E-state index is 12.6. The number of likely N-dealkylation sites (tertiary alicyclic amines) is 1. The summed E-state index contributed by atoms with van der Waals surface area (Å²) >= 11 is 1.47. The number of fused-ring (bicyclic) bond motifs is 3. The van der Waals surface area contributed by atoms with Crippen LogP contribution >= 0.6 is 11.8 Å². The van der Waals surface area contributed by atoms with E-state index in [9.17, 15) is 19.5 Å². The first-order valence-electron chi connectivity index (χ1n) is 14.3. The number of furan rings is 1. The summed E-state index contributed by atoms with van der Waals surface area (Å²) in [7, 11) is 0. The molecule has 43 heavy (non-hydrogen) atoms. The predicted octanol–water partition coefficient (Wildman–Crippen LogP) is 6.59. The molecule has 218 valence electrons. The first-order valence-corrected chi connectivity index (χ1v) is 15.5. The Morgan fingerprint density at radius 2 is 1.58 bits per heavy atom. The van der Waals surface area contributed by atoms with Gasteiger partial charge in [0.1, 0.15) is 17.2 Å². The predicted molar refractivity (Wildman–Crippen MR) is 171 cm³/mol. The normalized spacial score (nSPS) is 15.6. The number of para-hydroxylation sites is 2. The highest BCUT2D eigenvalue weighted by Crippen LogP contribution is 2.36. The molecule has 7 nitrogen and oxygen atoms in total. The molecular formula is C35H32N2O5S. The SMILES string of the molecule is CC(=O)N1CCC(C(=O)N[C@@H](CSCc2ccc(-c3ccc(-c4cccc5c4oc4ccccc45)cc3)cc2)C(=O)O)C1. The maximum Gasteiger partial charge on any atom is 0.327 e. The number of hydrogen-bond acceptors (Lipinski definition) is 5. The third-order valence-electron chi connectivity index (χ3n) is 8.06. The van der Waals surface area contributed by atoms with Crippen LogP contribution in [0.5, 0.6) is 0 Å². The van der Waals surface area contributed by atoms with Gasteiger partial charge in [-0.25, -0.2) is 4.79 Å². The van der Waals surface area contributed by atoms with Gasteiger partial charge in [-0.1, -0.05) is 84.9 Å². The van der Waals surface area contributed by atoms with Crippen molar-refractivity contribution in [3.63, 3.8) is 0 Å². The van der Waals surface area contributed by atoms with E-state index < -0.39 is 12.0 Å². The second-order valence-corrected chi connectivity index (χ2v) is 12.0. The van der Waals surface area contributed by atoms with Gasteiger partial charge in [-0.2, -0.15) is 11.8 Å². The summed E-state index contributed by atoms with van der Waals surface area (Å²) in [5.41, 5.74) is 7.19. The van der Waals surface area contributed by atoms with E-state index in [2.05, 4.69) is 78.1 Å². The second kappa shape index (κ2) is 12.4. The molecule has 0 saturated carbocycles. The third-order valence-corrected chi connectivity index (χ3v) is 9.17. The molecule has 2 N–H and O–H groups in total. The smallest absolute Gasteiger partial charge is 0.327 e. The van der Waals surface area contributed by atoms with Crippen LogP contribution in [0.25, 0.3) is 44.2 Å². The second-order valence-electron chi connectivity index (χ2n) is 10.9. The van der Waals surface area contributed by atoms with Crippen LogP contribution in [0.2, 0.25) is 0 Å². The van der Waals surface area contributed by atoms with Gasteiger partial charge < -0.3 is 19.7 Å². The molecule has 0 aliphatic carbocycles. The Labute approximate surface area is 253 Å².